The van der Waals surface area contributed by atoms with Crippen molar-refractivity contribution in [3.8, 4) is 5.75 Å². The number of aryl methyl sites for hydroxylation is 1. The van der Waals surface area contributed by atoms with Gasteiger partial charge in [0.15, 0.2) is 0 Å². The maximum Gasteiger partial charge on any atom is 0.135 e. The lowest BCUT2D eigenvalue weighted by Gasteiger charge is -2.08. The van der Waals surface area contributed by atoms with Gasteiger partial charge in [-0.1, -0.05) is 19.9 Å². The van der Waals surface area contributed by atoms with Crippen molar-refractivity contribution in [2.45, 2.75) is 40.0 Å². The lowest BCUT2D eigenvalue weighted by atomic mass is 10.0. The molecule has 0 fully saturated rings. The molecule has 100 valence electrons. The molecular weight excluding hydrogens is 292 g/mol. The summed E-state index contributed by atoms with van der Waals surface area (Å²) in [5, 5.41) is 0. The summed E-state index contributed by atoms with van der Waals surface area (Å²) >= 11 is 3.50. The highest BCUT2D eigenvalue weighted by Crippen LogP contribution is 2.26. The largest absolute Gasteiger partial charge is 0.493 e. The molecule has 0 spiro atoms. The maximum atomic E-state index is 11.5. The van der Waals surface area contributed by atoms with Crippen molar-refractivity contribution in [1.82, 2.24) is 0 Å². The van der Waals surface area contributed by atoms with E-state index < -0.39 is 0 Å². The predicted molar refractivity (Wildman–Crippen MR) is 78.1 cm³/mol. The zero-order valence-electron chi connectivity index (χ0n) is 11.3. The monoisotopic (exact) mass is 312 g/mol. The van der Waals surface area contributed by atoms with Crippen LogP contribution in [0.5, 0.6) is 5.75 Å². The Balaban J connectivity index is 2.48. The van der Waals surface area contributed by atoms with Crippen LogP contribution in [0.3, 0.4) is 0 Å². The van der Waals surface area contributed by atoms with Crippen molar-refractivity contribution >= 4 is 21.7 Å². The highest BCUT2D eigenvalue weighted by Gasteiger charge is 2.07. The number of benzene rings is 1. The fraction of sp³-hybridized carbons (Fsp3) is 0.533. The highest BCUT2D eigenvalue weighted by molar-refractivity contribution is 9.10. The molecule has 0 atom stereocenters. The van der Waals surface area contributed by atoms with E-state index in [1.807, 2.05) is 26.8 Å². The molecule has 0 bridgehead atoms. The van der Waals surface area contributed by atoms with Crippen LogP contribution < -0.4 is 4.74 Å². The smallest absolute Gasteiger partial charge is 0.135 e. The van der Waals surface area contributed by atoms with Crippen molar-refractivity contribution in [2.75, 3.05) is 6.61 Å². The SMILES string of the molecule is CCOc1ccc(CCCC(=O)C(C)C)cc1Br. The van der Waals surface area contributed by atoms with Gasteiger partial charge in [-0.25, -0.2) is 0 Å². The average molecular weight is 313 g/mol. The molecule has 1 rings (SSSR count). The lowest BCUT2D eigenvalue weighted by molar-refractivity contribution is -0.121. The molecule has 0 aliphatic rings. The van der Waals surface area contributed by atoms with Gasteiger partial charge in [0.25, 0.3) is 0 Å². The molecule has 0 aromatic heterocycles. The Morgan fingerprint density at radius 1 is 1.39 bits per heavy atom. The second-order valence-corrected chi connectivity index (χ2v) is 5.53. The number of hydrogen-bond acceptors (Lipinski definition) is 2. The molecule has 1 aromatic carbocycles. The summed E-state index contributed by atoms with van der Waals surface area (Å²) < 4.78 is 6.45. The van der Waals surface area contributed by atoms with Gasteiger partial charge in [-0.05, 0) is 53.4 Å². The lowest BCUT2D eigenvalue weighted by Crippen LogP contribution is -2.06. The molecule has 0 saturated heterocycles. The Kier molecular flexibility index (Phi) is 6.41. The highest BCUT2D eigenvalue weighted by atomic mass is 79.9. The van der Waals surface area contributed by atoms with E-state index in [9.17, 15) is 4.79 Å². The molecule has 0 amide bonds. The molecule has 0 saturated carbocycles. The van der Waals surface area contributed by atoms with Crippen molar-refractivity contribution in [3.63, 3.8) is 0 Å². The molecule has 3 heteroatoms. The van der Waals surface area contributed by atoms with Gasteiger partial charge < -0.3 is 4.74 Å². The predicted octanol–water partition coefficient (Wildman–Crippen LogP) is 4.40. The first-order valence-electron chi connectivity index (χ1n) is 6.48. The second kappa shape index (κ2) is 7.57. The zero-order chi connectivity index (χ0) is 13.5. The summed E-state index contributed by atoms with van der Waals surface area (Å²) in [6.45, 7) is 6.55. The molecule has 2 nitrogen and oxygen atoms in total. The van der Waals surface area contributed by atoms with Crippen molar-refractivity contribution in [2.24, 2.45) is 5.92 Å². The van der Waals surface area contributed by atoms with E-state index in [1.54, 1.807) is 0 Å². The first-order valence-corrected chi connectivity index (χ1v) is 7.27. The Bertz CT molecular complexity index is 399. The van der Waals surface area contributed by atoms with E-state index in [1.165, 1.54) is 5.56 Å². The van der Waals surface area contributed by atoms with Gasteiger partial charge in [0.1, 0.15) is 11.5 Å². The van der Waals surface area contributed by atoms with Crippen LogP contribution >= 0.6 is 15.9 Å². The fourth-order valence-electron chi connectivity index (χ4n) is 1.73. The van der Waals surface area contributed by atoms with Gasteiger partial charge in [-0.3, -0.25) is 4.79 Å². The fourth-order valence-corrected chi connectivity index (χ4v) is 2.27. The number of carbonyl (C=O) groups excluding carboxylic acids is 1. The van der Waals surface area contributed by atoms with E-state index in [-0.39, 0.29) is 5.92 Å². The van der Waals surface area contributed by atoms with Crippen LogP contribution in [0.1, 0.15) is 39.2 Å². The van der Waals surface area contributed by atoms with Gasteiger partial charge in [-0.2, -0.15) is 0 Å². The number of ketones is 1. The van der Waals surface area contributed by atoms with E-state index in [4.69, 9.17) is 4.74 Å². The number of hydrogen-bond donors (Lipinski definition) is 0. The van der Waals surface area contributed by atoms with Crippen LogP contribution in [0, 0.1) is 5.92 Å². The summed E-state index contributed by atoms with van der Waals surface area (Å²) in [7, 11) is 0. The number of Topliss-reactive ketones (excluding diaryl/α,β-unsaturated/α-hetero) is 1. The topological polar surface area (TPSA) is 26.3 Å². The van der Waals surface area contributed by atoms with Crippen molar-refractivity contribution in [1.29, 1.82) is 0 Å². The van der Waals surface area contributed by atoms with E-state index in [0.29, 0.717) is 18.8 Å². The number of carbonyl (C=O) groups is 1. The minimum absolute atomic E-state index is 0.150. The first-order chi connectivity index (χ1) is 8.54. The van der Waals surface area contributed by atoms with Crippen LogP contribution in [-0.4, -0.2) is 12.4 Å². The molecule has 0 N–H and O–H groups in total. The molecule has 0 aliphatic heterocycles. The first kappa shape index (κ1) is 15.2. The minimum Gasteiger partial charge on any atom is -0.493 e. The number of ether oxygens (including phenoxy) is 1. The van der Waals surface area contributed by atoms with Crippen LogP contribution in [0.4, 0.5) is 0 Å². The van der Waals surface area contributed by atoms with Crippen molar-refractivity contribution in [3.05, 3.63) is 28.2 Å². The van der Waals surface area contributed by atoms with E-state index in [0.717, 1.165) is 23.1 Å². The molecule has 0 heterocycles. The summed E-state index contributed by atoms with van der Waals surface area (Å²) in [6.07, 6.45) is 2.52. The normalized spacial score (nSPS) is 10.7. The number of halogens is 1. The summed E-state index contributed by atoms with van der Waals surface area (Å²) in [5.41, 5.74) is 1.24. The molecule has 18 heavy (non-hydrogen) atoms. The summed E-state index contributed by atoms with van der Waals surface area (Å²) in [4.78, 5) is 11.5. The zero-order valence-corrected chi connectivity index (χ0v) is 12.9. The van der Waals surface area contributed by atoms with Crippen LogP contribution in [0.2, 0.25) is 0 Å². The third kappa shape index (κ3) is 4.81. The molecule has 0 radical (unpaired) electrons. The average Bonchev–Trinajstić information content (AvgIpc) is 2.32. The third-order valence-corrected chi connectivity index (χ3v) is 3.45. The van der Waals surface area contributed by atoms with Gasteiger partial charge >= 0.3 is 0 Å². The van der Waals surface area contributed by atoms with E-state index >= 15 is 0 Å². The Labute approximate surface area is 118 Å². The van der Waals surface area contributed by atoms with Crippen LogP contribution in [0.15, 0.2) is 22.7 Å². The molecular formula is C15H21BrO2. The van der Waals surface area contributed by atoms with E-state index in [2.05, 4.69) is 28.1 Å². The van der Waals surface area contributed by atoms with Gasteiger partial charge in [-0.15, -0.1) is 0 Å². The summed E-state index contributed by atoms with van der Waals surface area (Å²) in [6, 6.07) is 6.12. The van der Waals surface area contributed by atoms with Gasteiger partial charge in [0, 0.05) is 12.3 Å². The maximum absolute atomic E-state index is 11.5. The minimum atomic E-state index is 0.150. The molecule has 0 unspecified atom stereocenters. The number of rotatable bonds is 7. The Morgan fingerprint density at radius 3 is 2.67 bits per heavy atom. The molecule has 0 aliphatic carbocycles. The van der Waals surface area contributed by atoms with Crippen LogP contribution in [-0.2, 0) is 11.2 Å². The third-order valence-electron chi connectivity index (χ3n) is 2.83. The molecule has 1 aromatic rings. The van der Waals surface area contributed by atoms with Crippen molar-refractivity contribution < 1.29 is 9.53 Å². The second-order valence-electron chi connectivity index (χ2n) is 4.67. The van der Waals surface area contributed by atoms with Crippen LogP contribution in [0.25, 0.3) is 0 Å². The Hall–Kier alpha value is -0.830. The standard InChI is InChI=1S/C15H21BrO2/c1-4-18-15-9-8-12(10-13(15)16)6-5-7-14(17)11(2)3/h8-11H,4-7H2,1-3H3. The van der Waals surface area contributed by atoms with Gasteiger partial charge in [0.2, 0.25) is 0 Å². The van der Waals surface area contributed by atoms with Gasteiger partial charge in [0.05, 0.1) is 11.1 Å². The Morgan fingerprint density at radius 2 is 2.11 bits per heavy atom. The quantitative estimate of drug-likeness (QED) is 0.746. The summed E-state index contributed by atoms with van der Waals surface area (Å²) in [5.74, 6) is 1.37.